The predicted octanol–water partition coefficient (Wildman–Crippen LogP) is 8.64. The van der Waals surface area contributed by atoms with E-state index in [4.69, 9.17) is 9.47 Å². The van der Waals surface area contributed by atoms with Crippen molar-refractivity contribution >= 4 is 5.97 Å². The third-order valence-electron chi connectivity index (χ3n) is 5.98. The molecule has 0 spiro atoms. The Morgan fingerprint density at radius 3 is 1.94 bits per heavy atom. The first-order valence-electron chi connectivity index (χ1n) is 14.6. The average Bonchev–Trinajstić information content (AvgIpc) is 2.86. The van der Waals surface area contributed by atoms with E-state index < -0.39 is 6.10 Å². The van der Waals surface area contributed by atoms with Gasteiger partial charge in [0, 0.05) is 13.0 Å². The maximum absolute atomic E-state index is 12.0. The standard InChI is InChI=1S/C31H56O4/c1-3-5-7-9-11-13-14-15-16-17-19-21-23-25-27-34-29-30(28-32)35-31(33)26-24-22-20-18-12-10-8-6-4-2/h5,7,11,13,15-16,30,32H,3-4,6,8-10,12,14,17-29H2,1-2H3/b7-5-,13-11-,16-15-. The second-order valence-electron chi connectivity index (χ2n) is 9.44. The summed E-state index contributed by atoms with van der Waals surface area (Å²) in [6.45, 7) is 5.15. The van der Waals surface area contributed by atoms with Gasteiger partial charge >= 0.3 is 5.97 Å². The van der Waals surface area contributed by atoms with Crippen molar-refractivity contribution in [3.05, 3.63) is 36.5 Å². The summed E-state index contributed by atoms with van der Waals surface area (Å²) < 4.78 is 11.0. The van der Waals surface area contributed by atoms with E-state index in [2.05, 4.69) is 50.3 Å². The van der Waals surface area contributed by atoms with Gasteiger partial charge in [0.1, 0.15) is 6.10 Å². The van der Waals surface area contributed by atoms with Crippen LogP contribution in [0.2, 0.25) is 0 Å². The van der Waals surface area contributed by atoms with Gasteiger partial charge in [-0.15, -0.1) is 0 Å². The molecule has 0 saturated heterocycles. The number of aliphatic hydroxyl groups is 1. The van der Waals surface area contributed by atoms with Gasteiger partial charge < -0.3 is 14.6 Å². The van der Waals surface area contributed by atoms with Gasteiger partial charge in [0.15, 0.2) is 0 Å². The predicted molar refractivity (Wildman–Crippen MR) is 150 cm³/mol. The normalized spacial score (nSPS) is 12.9. The van der Waals surface area contributed by atoms with Crippen LogP contribution in [0.4, 0.5) is 0 Å². The van der Waals surface area contributed by atoms with Gasteiger partial charge in [-0.05, 0) is 44.9 Å². The van der Waals surface area contributed by atoms with Crippen molar-refractivity contribution in [2.75, 3.05) is 19.8 Å². The Bertz CT molecular complexity index is 524. The van der Waals surface area contributed by atoms with Gasteiger partial charge in [0.2, 0.25) is 0 Å². The molecule has 0 aromatic heterocycles. The number of hydrogen-bond acceptors (Lipinski definition) is 4. The van der Waals surface area contributed by atoms with Gasteiger partial charge in [-0.25, -0.2) is 0 Å². The zero-order chi connectivity index (χ0) is 25.7. The summed E-state index contributed by atoms with van der Waals surface area (Å²) in [4.78, 5) is 12.0. The average molecular weight is 493 g/mol. The number of ether oxygens (including phenoxy) is 2. The van der Waals surface area contributed by atoms with Crippen molar-refractivity contribution in [3.8, 4) is 0 Å². The summed E-state index contributed by atoms with van der Waals surface area (Å²) in [5, 5.41) is 9.46. The van der Waals surface area contributed by atoms with E-state index >= 15 is 0 Å². The topological polar surface area (TPSA) is 55.8 Å². The molecule has 1 N–H and O–H groups in total. The Morgan fingerprint density at radius 1 is 0.714 bits per heavy atom. The van der Waals surface area contributed by atoms with Crippen LogP contribution in [-0.2, 0) is 14.3 Å². The Labute approximate surface area is 217 Å². The van der Waals surface area contributed by atoms with Crippen LogP contribution in [0.15, 0.2) is 36.5 Å². The zero-order valence-electron chi connectivity index (χ0n) is 23.1. The number of carbonyl (C=O) groups excluding carboxylic acids is 1. The largest absolute Gasteiger partial charge is 0.457 e. The Kier molecular flexibility index (Phi) is 27.7. The van der Waals surface area contributed by atoms with Crippen LogP contribution < -0.4 is 0 Å². The SMILES string of the molecule is CC/C=C\C/C=C\C/C=C\CCCCCCOCC(CO)OC(=O)CCCCCCCCCCC. The monoisotopic (exact) mass is 492 g/mol. The number of unbranched alkanes of at least 4 members (excludes halogenated alkanes) is 12. The molecule has 0 aliphatic carbocycles. The molecule has 0 saturated carbocycles. The van der Waals surface area contributed by atoms with Gasteiger partial charge in [0.25, 0.3) is 0 Å². The van der Waals surface area contributed by atoms with Crippen LogP contribution >= 0.6 is 0 Å². The summed E-state index contributed by atoms with van der Waals surface area (Å²) in [6.07, 6.45) is 33.1. The molecular formula is C31H56O4. The van der Waals surface area contributed by atoms with Crippen molar-refractivity contribution in [1.82, 2.24) is 0 Å². The van der Waals surface area contributed by atoms with E-state index in [9.17, 15) is 9.90 Å². The fraction of sp³-hybridized carbons (Fsp3) is 0.774. The smallest absolute Gasteiger partial charge is 0.306 e. The maximum Gasteiger partial charge on any atom is 0.306 e. The molecule has 0 radical (unpaired) electrons. The molecule has 0 rings (SSSR count). The van der Waals surface area contributed by atoms with Crippen LogP contribution in [0.25, 0.3) is 0 Å². The molecule has 4 heteroatoms. The summed E-state index contributed by atoms with van der Waals surface area (Å²) in [5.41, 5.74) is 0. The molecule has 4 nitrogen and oxygen atoms in total. The number of carbonyl (C=O) groups is 1. The molecule has 0 aromatic rings. The third kappa shape index (κ3) is 27.0. The summed E-state index contributed by atoms with van der Waals surface area (Å²) in [7, 11) is 0. The molecule has 0 fully saturated rings. The number of allylic oxidation sites excluding steroid dienone is 6. The molecule has 0 aliphatic heterocycles. The number of esters is 1. The van der Waals surface area contributed by atoms with Crippen LogP contribution in [0.5, 0.6) is 0 Å². The van der Waals surface area contributed by atoms with Gasteiger partial charge in [-0.1, -0.05) is 115 Å². The second-order valence-corrected chi connectivity index (χ2v) is 9.44. The Hall–Kier alpha value is -1.39. The fourth-order valence-corrected chi connectivity index (χ4v) is 3.81. The third-order valence-corrected chi connectivity index (χ3v) is 5.98. The highest BCUT2D eigenvalue weighted by atomic mass is 16.6. The van der Waals surface area contributed by atoms with Crippen molar-refractivity contribution in [2.24, 2.45) is 0 Å². The highest BCUT2D eigenvalue weighted by Crippen LogP contribution is 2.11. The minimum Gasteiger partial charge on any atom is -0.457 e. The molecule has 0 bridgehead atoms. The Morgan fingerprint density at radius 2 is 1.29 bits per heavy atom. The van der Waals surface area contributed by atoms with Crippen LogP contribution in [0.1, 0.15) is 129 Å². The molecule has 0 aliphatic rings. The second kappa shape index (κ2) is 28.8. The van der Waals surface area contributed by atoms with E-state index in [0.29, 0.717) is 13.0 Å². The van der Waals surface area contributed by atoms with Crippen LogP contribution in [0, 0.1) is 0 Å². The Balaban J connectivity index is 3.52. The highest BCUT2D eigenvalue weighted by Gasteiger charge is 2.13. The highest BCUT2D eigenvalue weighted by molar-refractivity contribution is 5.69. The minimum atomic E-state index is -0.539. The molecule has 1 atom stereocenters. The van der Waals surface area contributed by atoms with Crippen molar-refractivity contribution in [3.63, 3.8) is 0 Å². The lowest BCUT2D eigenvalue weighted by Gasteiger charge is -2.15. The van der Waals surface area contributed by atoms with E-state index in [0.717, 1.165) is 51.4 Å². The van der Waals surface area contributed by atoms with E-state index in [1.54, 1.807) is 0 Å². The van der Waals surface area contributed by atoms with E-state index in [1.165, 1.54) is 57.8 Å². The summed E-state index contributed by atoms with van der Waals surface area (Å²) in [5.74, 6) is -0.215. The first-order valence-corrected chi connectivity index (χ1v) is 14.6. The zero-order valence-corrected chi connectivity index (χ0v) is 23.1. The number of hydrogen-bond donors (Lipinski definition) is 1. The van der Waals surface area contributed by atoms with Gasteiger partial charge in [-0.3, -0.25) is 4.79 Å². The van der Waals surface area contributed by atoms with Gasteiger partial charge in [0.05, 0.1) is 13.2 Å². The van der Waals surface area contributed by atoms with Crippen LogP contribution in [-0.4, -0.2) is 37.0 Å². The lowest BCUT2D eigenvalue weighted by molar-refractivity contribution is -0.154. The molecule has 0 aromatic carbocycles. The first kappa shape index (κ1) is 33.6. The molecule has 204 valence electrons. The van der Waals surface area contributed by atoms with E-state index in [-0.39, 0.29) is 19.2 Å². The lowest BCUT2D eigenvalue weighted by atomic mass is 10.1. The van der Waals surface area contributed by atoms with E-state index in [1.807, 2.05) is 0 Å². The summed E-state index contributed by atoms with van der Waals surface area (Å²) >= 11 is 0. The van der Waals surface area contributed by atoms with Crippen molar-refractivity contribution in [1.29, 1.82) is 0 Å². The molecule has 0 amide bonds. The first-order chi connectivity index (χ1) is 17.2. The molecular weight excluding hydrogens is 436 g/mol. The minimum absolute atomic E-state index is 0.180. The van der Waals surface area contributed by atoms with Gasteiger partial charge in [-0.2, -0.15) is 0 Å². The number of aliphatic hydroxyl groups excluding tert-OH is 1. The quantitative estimate of drug-likeness (QED) is 0.0745. The van der Waals surface area contributed by atoms with Crippen molar-refractivity contribution < 1.29 is 19.4 Å². The lowest BCUT2D eigenvalue weighted by Crippen LogP contribution is -2.27. The molecule has 1 unspecified atom stereocenters. The maximum atomic E-state index is 12.0. The fourth-order valence-electron chi connectivity index (χ4n) is 3.81. The molecule has 0 heterocycles. The summed E-state index contributed by atoms with van der Waals surface area (Å²) in [6, 6.07) is 0. The number of rotatable bonds is 26. The molecule has 35 heavy (non-hydrogen) atoms. The van der Waals surface area contributed by atoms with Crippen molar-refractivity contribution in [2.45, 2.75) is 136 Å². The van der Waals surface area contributed by atoms with Crippen LogP contribution in [0.3, 0.4) is 0 Å².